The summed E-state index contributed by atoms with van der Waals surface area (Å²) in [6.45, 7) is 1.67. The van der Waals surface area contributed by atoms with Crippen molar-refractivity contribution in [2.75, 3.05) is 32.7 Å². The molecule has 102 valence electrons. The van der Waals surface area contributed by atoms with Crippen molar-refractivity contribution in [2.45, 2.75) is 12.5 Å². The van der Waals surface area contributed by atoms with Gasteiger partial charge >= 0.3 is 0 Å². The molecule has 0 aromatic carbocycles. The summed E-state index contributed by atoms with van der Waals surface area (Å²) in [4.78, 5) is 3.99. The van der Waals surface area contributed by atoms with Crippen molar-refractivity contribution in [1.82, 2.24) is 10.4 Å². The second kappa shape index (κ2) is 8.23. The molecule has 0 amide bonds. The van der Waals surface area contributed by atoms with E-state index in [-0.39, 0.29) is 6.04 Å². The fraction of sp³-hybridized carbons (Fsp3) is 0.545. The summed E-state index contributed by atoms with van der Waals surface area (Å²) in [5.74, 6) is 5.92. The van der Waals surface area contributed by atoms with Gasteiger partial charge in [-0.05, 0) is 12.5 Å². The number of hydrazine groups is 1. The Hall–Kier alpha value is -0.920. The normalized spacial score (nSPS) is 12.6. The first-order chi connectivity index (χ1) is 8.69. The summed E-state index contributed by atoms with van der Waals surface area (Å²) in [7, 11) is 1.63. The average Bonchev–Trinajstić information content (AvgIpc) is 2.37. The van der Waals surface area contributed by atoms with Gasteiger partial charge in [0.25, 0.3) is 0 Å². The second-order valence-electron chi connectivity index (χ2n) is 3.74. The van der Waals surface area contributed by atoms with Gasteiger partial charge in [-0.15, -0.1) is 0 Å². The van der Waals surface area contributed by atoms with E-state index in [0.29, 0.717) is 37.1 Å². The molecule has 0 aliphatic heterocycles. The van der Waals surface area contributed by atoms with Gasteiger partial charge < -0.3 is 15.2 Å². The standard InChI is InChI=1S/C11H19ClN4O2/c1-17-4-5-18-3-2-10(16-14)9-6-8(12)7-15-11(9)13/h6-7,10,16H,2-5,14H2,1H3,(H2,13,15). The highest BCUT2D eigenvalue weighted by molar-refractivity contribution is 6.30. The molecule has 0 aliphatic carbocycles. The number of rotatable bonds is 8. The Kier molecular flexibility index (Phi) is 6.92. The topological polar surface area (TPSA) is 95.4 Å². The van der Waals surface area contributed by atoms with Crippen LogP contribution < -0.4 is 17.0 Å². The van der Waals surface area contributed by atoms with E-state index in [1.165, 1.54) is 6.20 Å². The lowest BCUT2D eigenvalue weighted by atomic mass is 10.1. The zero-order chi connectivity index (χ0) is 13.4. The van der Waals surface area contributed by atoms with Gasteiger partial charge in [0, 0.05) is 25.5 Å². The molecule has 7 heteroatoms. The third-order valence-electron chi connectivity index (χ3n) is 2.48. The van der Waals surface area contributed by atoms with Gasteiger partial charge in [0.05, 0.1) is 24.3 Å². The average molecular weight is 275 g/mol. The van der Waals surface area contributed by atoms with E-state index < -0.39 is 0 Å². The molecule has 0 bridgehead atoms. The zero-order valence-electron chi connectivity index (χ0n) is 10.4. The first-order valence-corrected chi connectivity index (χ1v) is 6.00. The van der Waals surface area contributed by atoms with Crippen molar-refractivity contribution in [1.29, 1.82) is 0 Å². The van der Waals surface area contributed by atoms with Crippen molar-refractivity contribution < 1.29 is 9.47 Å². The number of hydrogen-bond acceptors (Lipinski definition) is 6. The number of methoxy groups -OCH3 is 1. The number of nitrogens with zero attached hydrogens (tertiary/aromatic N) is 1. The Bertz CT molecular complexity index is 365. The van der Waals surface area contributed by atoms with Crippen LogP contribution in [-0.2, 0) is 9.47 Å². The molecular formula is C11H19ClN4O2. The van der Waals surface area contributed by atoms with Crippen molar-refractivity contribution >= 4 is 17.4 Å². The number of hydrogen-bond donors (Lipinski definition) is 3. The minimum Gasteiger partial charge on any atom is -0.383 e. The van der Waals surface area contributed by atoms with Gasteiger partial charge in [0.15, 0.2) is 0 Å². The van der Waals surface area contributed by atoms with Gasteiger partial charge in [0.2, 0.25) is 0 Å². The fourth-order valence-corrected chi connectivity index (χ4v) is 1.69. The number of nitrogens with two attached hydrogens (primary N) is 2. The Morgan fingerprint density at radius 1 is 1.44 bits per heavy atom. The Morgan fingerprint density at radius 2 is 2.22 bits per heavy atom. The van der Waals surface area contributed by atoms with Crippen molar-refractivity contribution in [2.24, 2.45) is 5.84 Å². The number of halogens is 1. The molecule has 5 N–H and O–H groups in total. The summed E-state index contributed by atoms with van der Waals surface area (Å²) >= 11 is 5.89. The minimum absolute atomic E-state index is 0.140. The molecule has 1 aromatic heterocycles. The lowest BCUT2D eigenvalue weighted by Gasteiger charge is -2.17. The van der Waals surface area contributed by atoms with Crippen molar-refractivity contribution in [3.63, 3.8) is 0 Å². The maximum atomic E-state index is 5.89. The molecule has 1 aromatic rings. The lowest BCUT2D eigenvalue weighted by molar-refractivity contribution is 0.0658. The second-order valence-corrected chi connectivity index (χ2v) is 4.18. The van der Waals surface area contributed by atoms with Crippen LogP contribution >= 0.6 is 11.6 Å². The molecule has 0 aliphatic rings. The molecule has 0 saturated heterocycles. The molecule has 1 rings (SSSR count). The molecule has 1 unspecified atom stereocenters. The van der Waals surface area contributed by atoms with Crippen LogP contribution in [0.3, 0.4) is 0 Å². The van der Waals surface area contributed by atoms with Gasteiger partial charge in [-0.3, -0.25) is 11.3 Å². The molecule has 0 spiro atoms. The van der Waals surface area contributed by atoms with Gasteiger partial charge in [0.1, 0.15) is 5.82 Å². The predicted molar refractivity (Wildman–Crippen MR) is 71.0 cm³/mol. The summed E-state index contributed by atoms with van der Waals surface area (Å²) in [6, 6.07) is 1.61. The molecule has 6 nitrogen and oxygen atoms in total. The van der Waals surface area contributed by atoms with Crippen LogP contribution in [0.5, 0.6) is 0 Å². The number of aromatic nitrogens is 1. The van der Waals surface area contributed by atoms with E-state index in [0.717, 1.165) is 5.56 Å². The van der Waals surface area contributed by atoms with Crippen LogP contribution in [0, 0.1) is 0 Å². The summed E-state index contributed by atoms with van der Waals surface area (Å²) in [5.41, 5.74) is 9.26. The minimum atomic E-state index is -0.140. The highest BCUT2D eigenvalue weighted by Gasteiger charge is 2.14. The third-order valence-corrected chi connectivity index (χ3v) is 2.68. The van der Waals surface area contributed by atoms with Gasteiger partial charge in [-0.1, -0.05) is 11.6 Å². The van der Waals surface area contributed by atoms with E-state index >= 15 is 0 Å². The first-order valence-electron chi connectivity index (χ1n) is 5.62. The number of pyridine rings is 1. The summed E-state index contributed by atoms with van der Waals surface area (Å²) in [5, 5.41) is 0.528. The van der Waals surface area contributed by atoms with E-state index in [1.807, 2.05) is 0 Å². The molecule has 1 heterocycles. The van der Waals surface area contributed by atoms with E-state index in [4.69, 9.17) is 32.7 Å². The quantitative estimate of drug-likeness (QED) is 0.370. The number of nitrogen functional groups attached to an aromatic ring is 1. The molecular weight excluding hydrogens is 256 g/mol. The number of nitrogens with one attached hydrogen (secondary N) is 1. The van der Waals surface area contributed by atoms with Crippen LogP contribution in [0.15, 0.2) is 12.3 Å². The van der Waals surface area contributed by atoms with Crippen LogP contribution in [0.4, 0.5) is 5.82 Å². The van der Waals surface area contributed by atoms with Crippen LogP contribution in [0.25, 0.3) is 0 Å². The smallest absolute Gasteiger partial charge is 0.128 e. The van der Waals surface area contributed by atoms with Gasteiger partial charge in [-0.2, -0.15) is 0 Å². The lowest BCUT2D eigenvalue weighted by Crippen LogP contribution is -2.30. The molecule has 0 radical (unpaired) electrons. The van der Waals surface area contributed by atoms with E-state index in [9.17, 15) is 0 Å². The molecule has 1 atom stereocenters. The molecule has 0 fully saturated rings. The first kappa shape index (κ1) is 15.1. The van der Waals surface area contributed by atoms with Crippen LogP contribution in [-0.4, -0.2) is 31.9 Å². The van der Waals surface area contributed by atoms with Crippen molar-refractivity contribution in [3.05, 3.63) is 22.8 Å². The summed E-state index contributed by atoms with van der Waals surface area (Å²) < 4.78 is 10.3. The largest absolute Gasteiger partial charge is 0.383 e. The fourth-order valence-electron chi connectivity index (χ4n) is 1.52. The zero-order valence-corrected chi connectivity index (χ0v) is 11.1. The highest BCUT2D eigenvalue weighted by atomic mass is 35.5. The maximum absolute atomic E-state index is 5.89. The van der Waals surface area contributed by atoms with Gasteiger partial charge in [-0.25, -0.2) is 4.98 Å². The monoisotopic (exact) mass is 274 g/mol. The highest BCUT2D eigenvalue weighted by Crippen LogP contribution is 2.23. The SMILES string of the molecule is COCCOCCC(NN)c1cc(Cl)cnc1N. The molecule has 0 saturated carbocycles. The predicted octanol–water partition coefficient (Wildman–Crippen LogP) is 0.875. The van der Waals surface area contributed by atoms with E-state index in [1.54, 1.807) is 13.2 Å². The summed E-state index contributed by atoms with van der Waals surface area (Å²) in [6.07, 6.45) is 2.18. The van der Waals surface area contributed by atoms with E-state index in [2.05, 4.69) is 10.4 Å². The Labute approximate surface area is 112 Å². The number of ether oxygens (including phenoxy) is 2. The molecule has 18 heavy (non-hydrogen) atoms. The Balaban J connectivity index is 2.52. The Morgan fingerprint density at radius 3 is 2.89 bits per heavy atom. The number of anilines is 1. The van der Waals surface area contributed by atoms with Crippen LogP contribution in [0.2, 0.25) is 5.02 Å². The maximum Gasteiger partial charge on any atom is 0.128 e. The third kappa shape index (κ3) is 4.75. The van der Waals surface area contributed by atoms with Crippen molar-refractivity contribution in [3.8, 4) is 0 Å². The van der Waals surface area contributed by atoms with Crippen LogP contribution in [0.1, 0.15) is 18.0 Å².